The molecule has 0 aliphatic heterocycles. The predicted octanol–water partition coefficient (Wildman–Crippen LogP) is 3.41. The molecule has 0 aromatic carbocycles. The Labute approximate surface area is 139 Å². The highest BCUT2D eigenvalue weighted by Gasteiger charge is 1.97. The average molecular weight is 329 g/mol. The first kappa shape index (κ1) is 21.0. The number of nitrogens with two attached hydrogens (primary N) is 1. The smallest absolute Gasteiger partial charge is 0.243 e. The number of carbonyl (C=O) groups is 2. The summed E-state index contributed by atoms with van der Waals surface area (Å²) in [6, 6.07) is 0. The van der Waals surface area contributed by atoms with Gasteiger partial charge in [-0.15, -0.1) is 0 Å². The molecule has 0 spiro atoms. The Bertz CT molecular complexity index is 320. The molecule has 0 aliphatic carbocycles. The van der Waals surface area contributed by atoms with Crippen molar-refractivity contribution in [3.05, 3.63) is 12.2 Å². The maximum atomic E-state index is 11.5. The summed E-state index contributed by atoms with van der Waals surface area (Å²) in [5, 5.41) is 2.79. The van der Waals surface area contributed by atoms with E-state index in [1.807, 2.05) is 6.08 Å². The Morgan fingerprint density at radius 1 is 1.05 bits per heavy atom. The van der Waals surface area contributed by atoms with Crippen molar-refractivity contribution in [1.82, 2.24) is 5.32 Å². The third kappa shape index (κ3) is 17.1. The number of hydrogen-bond donors (Lipinski definition) is 2. The first-order chi connectivity index (χ1) is 10.7. The minimum Gasteiger partial charge on any atom is -0.369 e. The molecule has 0 fully saturated rings. The highest BCUT2D eigenvalue weighted by Crippen LogP contribution is 2.09. The van der Waals surface area contributed by atoms with Crippen molar-refractivity contribution in [3.8, 4) is 0 Å². The molecule has 5 heteroatoms. The third-order valence-corrected chi connectivity index (χ3v) is 4.26. The summed E-state index contributed by atoms with van der Waals surface area (Å²) in [7, 11) is 0. The van der Waals surface area contributed by atoms with Gasteiger partial charge in [-0.3, -0.25) is 9.59 Å². The van der Waals surface area contributed by atoms with Crippen LogP contribution in [0.3, 0.4) is 0 Å². The van der Waals surface area contributed by atoms with Gasteiger partial charge in [0.25, 0.3) is 0 Å². The number of amides is 2. The maximum absolute atomic E-state index is 11.5. The molecule has 22 heavy (non-hydrogen) atoms. The second kappa shape index (κ2) is 16.4. The number of thioether (sulfide) groups is 1. The van der Waals surface area contributed by atoms with E-state index in [1.165, 1.54) is 56.7 Å². The van der Waals surface area contributed by atoms with E-state index in [-0.39, 0.29) is 11.8 Å². The Hall–Kier alpha value is -0.970. The first-order valence-electron chi connectivity index (χ1n) is 8.47. The second-order valence-electron chi connectivity index (χ2n) is 5.48. The fraction of sp³-hybridized carbons (Fsp3) is 0.765. The molecule has 0 aromatic rings. The average Bonchev–Trinajstić information content (AvgIpc) is 2.48. The summed E-state index contributed by atoms with van der Waals surface area (Å²) in [4.78, 5) is 22.0. The molecule has 0 saturated heterocycles. The highest BCUT2D eigenvalue weighted by atomic mass is 32.2. The molecule has 0 heterocycles. The normalized spacial score (nSPS) is 11.0. The van der Waals surface area contributed by atoms with E-state index in [9.17, 15) is 9.59 Å². The Morgan fingerprint density at radius 3 is 2.32 bits per heavy atom. The van der Waals surface area contributed by atoms with Gasteiger partial charge in [-0.1, -0.05) is 57.9 Å². The summed E-state index contributed by atoms with van der Waals surface area (Å²) in [6.45, 7) is 2.81. The zero-order valence-corrected chi connectivity index (χ0v) is 14.8. The zero-order chi connectivity index (χ0) is 16.5. The number of unbranched alkanes of at least 4 members (excludes halogenated alkanes) is 8. The van der Waals surface area contributed by atoms with Gasteiger partial charge in [-0.25, -0.2) is 0 Å². The molecule has 0 bridgehead atoms. The van der Waals surface area contributed by atoms with Crippen LogP contribution in [0.4, 0.5) is 0 Å². The van der Waals surface area contributed by atoms with Crippen LogP contribution in [0, 0.1) is 0 Å². The van der Waals surface area contributed by atoms with Crippen molar-refractivity contribution in [1.29, 1.82) is 0 Å². The van der Waals surface area contributed by atoms with Crippen molar-refractivity contribution < 1.29 is 9.59 Å². The summed E-state index contributed by atoms with van der Waals surface area (Å²) in [5.74, 6) is 0.644. The van der Waals surface area contributed by atoms with Crippen LogP contribution in [0.15, 0.2) is 12.2 Å². The van der Waals surface area contributed by atoms with Crippen molar-refractivity contribution >= 4 is 23.6 Å². The number of carbonyl (C=O) groups excluding carboxylic acids is 2. The molecule has 0 unspecified atom stereocenters. The van der Waals surface area contributed by atoms with Crippen LogP contribution in [0.2, 0.25) is 0 Å². The van der Waals surface area contributed by atoms with Crippen molar-refractivity contribution in [2.45, 2.75) is 64.7 Å². The van der Waals surface area contributed by atoms with Crippen LogP contribution in [0.1, 0.15) is 64.7 Å². The fourth-order valence-electron chi connectivity index (χ4n) is 2.06. The van der Waals surface area contributed by atoms with Crippen molar-refractivity contribution in [2.24, 2.45) is 5.73 Å². The van der Waals surface area contributed by atoms with Gasteiger partial charge in [0.2, 0.25) is 11.8 Å². The van der Waals surface area contributed by atoms with E-state index in [0.29, 0.717) is 18.1 Å². The Morgan fingerprint density at radius 2 is 1.68 bits per heavy atom. The molecular formula is C17H32N2O2S. The van der Waals surface area contributed by atoms with E-state index >= 15 is 0 Å². The van der Waals surface area contributed by atoms with Gasteiger partial charge in [0.15, 0.2) is 0 Å². The van der Waals surface area contributed by atoms with Crippen LogP contribution < -0.4 is 11.1 Å². The number of hydrogen-bond acceptors (Lipinski definition) is 3. The number of allylic oxidation sites excluding steroid dienone is 1. The van der Waals surface area contributed by atoms with Gasteiger partial charge in [0.05, 0.1) is 5.75 Å². The molecule has 0 rings (SSSR count). The van der Waals surface area contributed by atoms with Gasteiger partial charge >= 0.3 is 0 Å². The lowest BCUT2D eigenvalue weighted by Crippen LogP contribution is -2.24. The van der Waals surface area contributed by atoms with E-state index < -0.39 is 0 Å². The quantitative estimate of drug-likeness (QED) is 0.357. The molecule has 3 N–H and O–H groups in total. The standard InChI is InChI=1S/C17H32N2O2S/c1-2-3-4-5-6-7-8-9-10-11-12-17(21)19-13-14-22-15-16(18)20/h11-12H,2-10,13-15H2,1H3,(H2,18,20)(H,19,21). The van der Waals surface area contributed by atoms with Gasteiger partial charge < -0.3 is 11.1 Å². The van der Waals surface area contributed by atoms with Crippen molar-refractivity contribution in [2.75, 3.05) is 18.1 Å². The zero-order valence-electron chi connectivity index (χ0n) is 13.9. The van der Waals surface area contributed by atoms with E-state index in [4.69, 9.17) is 5.73 Å². The van der Waals surface area contributed by atoms with Gasteiger partial charge in [-0.05, 0) is 18.9 Å². The third-order valence-electron chi connectivity index (χ3n) is 3.28. The lowest BCUT2D eigenvalue weighted by molar-refractivity contribution is -0.116. The van der Waals surface area contributed by atoms with Crippen LogP contribution in [0.5, 0.6) is 0 Å². The highest BCUT2D eigenvalue weighted by molar-refractivity contribution is 7.99. The van der Waals surface area contributed by atoms with Crippen LogP contribution in [-0.4, -0.2) is 29.9 Å². The topological polar surface area (TPSA) is 72.2 Å². The molecule has 0 atom stereocenters. The minimum absolute atomic E-state index is 0.0563. The van der Waals surface area contributed by atoms with Gasteiger partial charge in [0, 0.05) is 12.3 Å². The summed E-state index contributed by atoms with van der Waals surface area (Å²) < 4.78 is 0. The SMILES string of the molecule is CCCCCCCCCCC=CC(=O)NCCSCC(N)=O. The lowest BCUT2D eigenvalue weighted by Gasteiger charge is -2.01. The molecule has 0 aliphatic rings. The predicted molar refractivity (Wildman–Crippen MR) is 95.9 cm³/mol. The first-order valence-corrected chi connectivity index (χ1v) is 9.62. The number of rotatable bonds is 15. The summed E-state index contributed by atoms with van der Waals surface area (Å²) in [5.41, 5.74) is 5.02. The van der Waals surface area contributed by atoms with Crippen LogP contribution in [-0.2, 0) is 9.59 Å². The molecule has 2 amide bonds. The molecule has 0 saturated carbocycles. The van der Waals surface area contributed by atoms with Crippen LogP contribution in [0.25, 0.3) is 0 Å². The number of primary amides is 1. The van der Waals surface area contributed by atoms with E-state index in [0.717, 1.165) is 12.8 Å². The molecule has 0 radical (unpaired) electrons. The van der Waals surface area contributed by atoms with E-state index in [2.05, 4.69) is 12.2 Å². The van der Waals surface area contributed by atoms with Gasteiger partial charge in [0.1, 0.15) is 0 Å². The largest absolute Gasteiger partial charge is 0.369 e. The monoisotopic (exact) mass is 328 g/mol. The second-order valence-corrected chi connectivity index (χ2v) is 6.58. The molecule has 0 aromatic heterocycles. The summed E-state index contributed by atoms with van der Waals surface area (Å²) in [6.07, 6.45) is 15.0. The Balaban J connectivity index is 3.30. The maximum Gasteiger partial charge on any atom is 0.243 e. The molecular weight excluding hydrogens is 296 g/mol. The fourth-order valence-corrected chi connectivity index (χ4v) is 2.66. The summed E-state index contributed by atoms with van der Waals surface area (Å²) >= 11 is 1.43. The Kier molecular flexibility index (Phi) is 15.7. The van der Waals surface area contributed by atoms with Crippen molar-refractivity contribution in [3.63, 3.8) is 0 Å². The lowest BCUT2D eigenvalue weighted by atomic mass is 10.1. The molecule has 128 valence electrons. The van der Waals surface area contributed by atoms with Gasteiger partial charge in [-0.2, -0.15) is 11.8 Å². The number of nitrogens with one attached hydrogen (secondary N) is 1. The van der Waals surface area contributed by atoms with E-state index in [1.54, 1.807) is 6.08 Å². The minimum atomic E-state index is -0.318. The van der Waals surface area contributed by atoms with Crippen LogP contribution >= 0.6 is 11.8 Å². The molecule has 4 nitrogen and oxygen atoms in total.